The van der Waals surface area contributed by atoms with Gasteiger partial charge in [0.25, 0.3) is 5.91 Å². The van der Waals surface area contributed by atoms with Gasteiger partial charge in [-0.05, 0) is 62.6 Å². The molecule has 2 aromatic rings. The van der Waals surface area contributed by atoms with Gasteiger partial charge < -0.3 is 10.1 Å². The summed E-state index contributed by atoms with van der Waals surface area (Å²) in [7, 11) is 0. The first kappa shape index (κ1) is 18.1. The lowest BCUT2D eigenvalue weighted by atomic mass is 9.99. The molecular weight excluding hydrogens is 298 g/mol. The molecule has 1 amide bonds. The van der Waals surface area contributed by atoms with Crippen LogP contribution in [-0.2, 0) is 0 Å². The van der Waals surface area contributed by atoms with Gasteiger partial charge in [0.1, 0.15) is 5.75 Å². The summed E-state index contributed by atoms with van der Waals surface area (Å²) in [4.78, 5) is 12.6. The van der Waals surface area contributed by atoms with E-state index in [0.29, 0.717) is 0 Å². The Morgan fingerprint density at radius 2 is 1.62 bits per heavy atom. The summed E-state index contributed by atoms with van der Waals surface area (Å²) in [5, 5.41) is 2.97. The number of hydrogen-bond donors (Lipinski definition) is 1. The second-order valence-corrected chi connectivity index (χ2v) is 6.31. The van der Waals surface area contributed by atoms with Crippen molar-refractivity contribution in [2.75, 3.05) is 11.9 Å². The Labute approximate surface area is 145 Å². The third-order valence-electron chi connectivity index (χ3n) is 4.03. The van der Waals surface area contributed by atoms with Crippen molar-refractivity contribution in [3.8, 4) is 5.75 Å². The predicted molar refractivity (Wildman–Crippen MR) is 100 cm³/mol. The summed E-state index contributed by atoms with van der Waals surface area (Å²) in [6, 6.07) is 11.6. The fourth-order valence-corrected chi connectivity index (χ4v) is 2.91. The van der Waals surface area contributed by atoms with E-state index in [2.05, 4.69) is 12.2 Å². The summed E-state index contributed by atoms with van der Waals surface area (Å²) in [6.45, 7) is 8.90. The molecule has 0 heterocycles. The molecule has 0 unspecified atom stereocenters. The minimum absolute atomic E-state index is 0.0679. The number of ether oxygens (including phenoxy) is 1. The highest BCUT2D eigenvalue weighted by Gasteiger charge is 2.13. The van der Waals surface area contributed by atoms with E-state index in [1.54, 1.807) is 0 Å². The van der Waals surface area contributed by atoms with Crippen LogP contribution in [0.1, 0.15) is 53.2 Å². The second-order valence-electron chi connectivity index (χ2n) is 6.31. The third kappa shape index (κ3) is 4.85. The SMILES string of the molecule is CCCCCOc1ccc(NC(=O)c2c(C)cc(C)cc2C)cc1. The van der Waals surface area contributed by atoms with Gasteiger partial charge in [-0.3, -0.25) is 4.79 Å². The van der Waals surface area contributed by atoms with Crippen LogP contribution < -0.4 is 10.1 Å². The van der Waals surface area contributed by atoms with Crippen molar-refractivity contribution < 1.29 is 9.53 Å². The van der Waals surface area contributed by atoms with Gasteiger partial charge in [0.05, 0.1) is 6.61 Å². The molecule has 2 aromatic carbocycles. The molecule has 0 spiro atoms. The van der Waals surface area contributed by atoms with Crippen LogP contribution in [0.25, 0.3) is 0 Å². The molecule has 0 radical (unpaired) electrons. The van der Waals surface area contributed by atoms with Gasteiger partial charge in [0, 0.05) is 11.3 Å². The molecular formula is C21H27NO2. The number of hydrogen-bond acceptors (Lipinski definition) is 2. The van der Waals surface area contributed by atoms with Crippen LogP contribution in [-0.4, -0.2) is 12.5 Å². The fraction of sp³-hybridized carbons (Fsp3) is 0.381. The zero-order valence-corrected chi connectivity index (χ0v) is 15.1. The van der Waals surface area contributed by atoms with E-state index in [4.69, 9.17) is 4.74 Å². The maximum absolute atomic E-state index is 12.6. The van der Waals surface area contributed by atoms with Crippen molar-refractivity contribution in [2.24, 2.45) is 0 Å². The lowest BCUT2D eigenvalue weighted by Gasteiger charge is -2.12. The van der Waals surface area contributed by atoms with Gasteiger partial charge in [0.2, 0.25) is 0 Å². The maximum Gasteiger partial charge on any atom is 0.256 e. The van der Waals surface area contributed by atoms with Crippen LogP contribution in [0.4, 0.5) is 5.69 Å². The van der Waals surface area contributed by atoms with E-state index in [9.17, 15) is 4.79 Å². The molecule has 1 N–H and O–H groups in total. The molecule has 0 aliphatic heterocycles. The normalized spacial score (nSPS) is 10.5. The summed E-state index contributed by atoms with van der Waals surface area (Å²) in [5.41, 5.74) is 4.70. The second kappa shape index (κ2) is 8.53. The molecule has 0 atom stereocenters. The Morgan fingerprint density at radius 1 is 1.00 bits per heavy atom. The van der Waals surface area contributed by atoms with Crippen LogP contribution in [0.15, 0.2) is 36.4 Å². The summed E-state index contributed by atoms with van der Waals surface area (Å²) in [5.74, 6) is 0.772. The van der Waals surface area contributed by atoms with Crippen molar-refractivity contribution in [3.63, 3.8) is 0 Å². The summed E-state index contributed by atoms with van der Waals surface area (Å²) < 4.78 is 5.69. The van der Waals surface area contributed by atoms with E-state index in [1.165, 1.54) is 18.4 Å². The van der Waals surface area contributed by atoms with Gasteiger partial charge in [-0.15, -0.1) is 0 Å². The van der Waals surface area contributed by atoms with Crippen LogP contribution >= 0.6 is 0 Å². The lowest BCUT2D eigenvalue weighted by molar-refractivity contribution is 0.102. The average Bonchev–Trinajstić information content (AvgIpc) is 2.52. The fourth-order valence-electron chi connectivity index (χ4n) is 2.91. The zero-order valence-electron chi connectivity index (χ0n) is 15.1. The van der Waals surface area contributed by atoms with Crippen LogP contribution in [0.3, 0.4) is 0 Å². The van der Waals surface area contributed by atoms with E-state index >= 15 is 0 Å². The minimum Gasteiger partial charge on any atom is -0.494 e. The molecule has 2 rings (SSSR count). The number of carbonyl (C=O) groups excluding carboxylic acids is 1. The quantitative estimate of drug-likeness (QED) is 0.689. The first-order chi connectivity index (χ1) is 11.5. The summed E-state index contributed by atoms with van der Waals surface area (Å²) >= 11 is 0. The maximum atomic E-state index is 12.6. The Hall–Kier alpha value is -2.29. The summed E-state index contributed by atoms with van der Waals surface area (Å²) in [6.07, 6.45) is 3.44. The largest absolute Gasteiger partial charge is 0.494 e. The number of unbranched alkanes of at least 4 members (excludes halogenated alkanes) is 2. The van der Waals surface area contributed by atoms with Gasteiger partial charge >= 0.3 is 0 Å². The molecule has 0 aliphatic carbocycles. The number of aryl methyl sites for hydroxylation is 3. The standard InChI is InChI=1S/C21H27NO2/c1-5-6-7-12-24-19-10-8-18(9-11-19)22-21(23)20-16(3)13-15(2)14-17(20)4/h8-11,13-14H,5-7,12H2,1-4H3,(H,22,23). The van der Waals surface area contributed by atoms with Gasteiger partial charge in [0.15, 0.2) is 0 Å². The molecule has 0 bridgehead atoms. The number of nitrogens with one attached hydrogen (secondary N) is 1. The van der Waals surface area contributed by atoms with Crippen LogP contribution in [0.2, 0.25) is 0 Å². The van der Waals surface area contributed by atoms with E-state index < -0.39 is 0 Å². The highest BCUT2D eigenvalue weighted by molar-refractivity contribution is 6.06. The van der Waals surface area contributed by atoms with E-state index in [0.717, 1.165) is 41.2 Å². The van der Waals surface area contributed by atoms with E-state index in [1.807, 2.05) is 57.2 Å². The van der Waals surface area contributed by atoms with Crippen molar-refractivity contribution in [1.29, 1.82) is 0 Å². The molecule has 0 saturated carbocycles. The molecule has 0 fully saturated rings. The van der Waals surface area contributed by atoms with Crippen LogP contribution in [0, 0.1) is 20.8 Å². The number of benzene rings is 2. The Bertz CT molecular complexity index is 666. The van der Waals surface area contributed by atoms with Crippen molar-refractivity contribution in [2.45, 2.75) is 47.0 Å². The number of rotatable bonds is 7. The van der Waals surface area contributed by atoms with Gasteiger partial charge in [-0.1, -0.05) is 37.5 Å². The van der Waals surface area contributed by atoms with Gasteiger partial charge in [-0.25, -0.2) is 0 Å². The molecule has 3 nitrogen and oxygen atoms in total. The molecule has 0 aromatic heterocycles. The molecule has 3 heteroatoms. The highest BCUT2D eigenvalue weighted by Crippen LogP contribution is 2.20. The number of carbonyl (C=O) groups is 1. The Morgan fingerprint density at radius 3 is 2.21 bits per heavy atom. The molecule has 128 valence electrons. The molecule has 24 heavy (non-hydrogen) atoms. The first-order valence-electron chi connectivity index (χ1n) is 8.63. The highest BCUT2D eigenvalue weighted by atomic mass is 16.5. The van der Waals surface area contributed by atoms with Gasteiger partial charge in [-0.2, -0.15) is 0 Å². The smallest absolute Gasteiger partial charge is 0.256 e. The molecule has 0 aliphatic rings. The average molecular weight is 325 g/mol. The van der Waals surface area contributed by atoms with Crippen molar-refractivity contribution >= 4 is 11.6 Å². The first-order valence-corrected chi connectivity index (χ1v) is 8.63. The number of anilines is 1. The van der Waals surface area contributed by atoms with E-state index in [-0.39, 0.29) is 5.91 Å². The third-order valence-corrected chi connectivity index (χ3v) is 4.03. The van der Waals surface area contributed by atoms with Crippen LogP contribution in [0.5, 0.6) is 5.75 Å². The monoisotopic (exact) mass is 325 g/mol. The Kier molecular flexibility index (Phi) is 6.42. The predicted octanol–water partition coefficient (Wildman–Crippen LogP) is 5.43. The number of amides is 1. The zero-order chi connectivity index (χ0) is 17.5. The minimum atomic E-state index is -0.0679. The molecule has 0 saturated heterocycles. The Balaban J connectivity index is 2.00. The van der Waals surface area contributed by atoms with Crippen molar-refractivity contribution in [1.82, 2.24) is 0 Å². The topological polar surface area (TPSA) is 38.3 Å². The van der Waals surface area contributed by atoms with Crippen molar-refractivity contribution in [3.05, 3.63) is 58.7 Å². The lowest BCUT2D eigenvalue weighted by Crippen LogP contribution is -2.15.